The molecule has 1 aromatic heterocycles. The Kier molecular flexibility index (Phi) is 5.38. The van der Waals surface area contributed by atoms with Crippen LogP contribution in [0, 0.1) is 0 Å². The second-order valence-corrected chi connectivity index (χ2v) is 5.86. The van der Waals surface area contributed by atoms with Gasteiger partial charge in [-0.3, -0.25) is 4.98 Å². The summed E-state index contributed by atoms with van der Waals surface area (Å²) in [6.45, 7) is 3.76. The Bertz CT molecular complexity index is 496. The number of nitrogens with one attached hydrogen (secondary N) is 1. The molecule has 0 aliphatic heterocycles. The van der Waals surface area contributed by atoms with Gasteiger partial charge in [-0.05, 0) is 45.3 Å². The van der Waals surface area contributed by atoms with E-state index in [0.29, 0.717) is 6.61 Å². The first-order valence-electron chi connectivity index (χ1n) is 6.67. The molecule has 0 amide bonds. The van der Waals surface area contributed by atoms with Crippen molar-refractivity contribution in [1.82, 2.24) is 9.88 Å². The number of thiazole rings is 1. The van der Waals surface area contributed by atoms with E-state index in [2.05, 4.69) is 22.1 Å². The van der Waals surface area contributed by atoms with E-state index in [4.69, 9.17) is 4.74 Å². The quantitative estimate of drug-likeness (QED) is 0.849. The summed E-state index contributed by atoms with van der Waals surface area (Å²) in [5, 5.41) is 3.45. The summed E-state index contributed by atoms with van der Waals surface area (Å²) in [6.07, 6.45) is 1.90. The van der Waals surface area contributed by atoms with E-state index in [1.54, 1.807) is 11.3 Å². The zero-order valence-corrected chi connectivity index (χ0v) is 13.0. The van der Waals surface area contributed by atoms with Crippen LogP contribution in [-0.2, 0) is 0 Å². The first kappa shape index (κ1) is 14.8. The predicted molar refractivity (Wildman–Crippen MR) is 84.6 cm³/mol. The zero-order valence-electron chi connectivity index (χ0n) is 12.2. The van der Waals surface area contributed by atoms with Gasteiger partial charge < -0.3 is 15.0 Å². The van der Waals surface area contributed by atoms with Crippen LogP contribution in [0.4, 0.5) is 5.69 Å². The van der Waals surface area contributed by atoms with E-state index >= 15 is 0 Å². The first-order chi connectivity index (χ1) is 9.65. The summed E-state index contributed by atoms with van der Waals surface area (Å²) < 4.78 is 5.67. The summed E-state index contributed by atoms with van der Waals surface area (Å²) in [6, 6.07) is 8.35. The van der Waals surface area contributed by atoms with Crippen molar-refractivity contribution in [2.75, 3.05) is 32.6 Å². The molecule has 1 aromatic carbocycles. The van der Waals surface area contributed by atoms with Crippen molar-refractivity contribution in [3.8, 4) is 5.75 Å². The van der Waals surface area contributed by atoms with Crippen molar-refractivity contribution in [1.29, 1.82) is 0 Å². The highest BCUT2D eigenvalue weighted by Crippen LogP contribution is 2.23. The fourth-order valence-electron chi connectivity index (χ4n) is 1.75. The highest BCUT2D eigenvalue weighted by Gasteiger charge is 2.06. The maximum Gasteiger partial charge on any atom is 0.119 e. The summed E-state index contributed by atoms with van der Waals surface area (Å²) in [5.74, 6) is 0.905. The third-order valence-electron chi connectivity index (χ3n) is 2.92. The van der Waals surface area contributed by atoms with Gasteiger partial charge in [0.2, 0.25) is 0 Å². The Morgan fingerprint density at radius 1 is 1.30 bits per heavy atom. The van der Waals surface area contributed by atoms with Crippen molar-refractivity contribution in [2.45, 2.75) is 13.0 Å². The summed E-state index contributed by atoms with van der Waals surface area (Å²) in [7, 11) is 4.08. The number of nitrogens with zero attached hydrogens (tertiary/aromatic N) is 2. The largest absolute Gasteiger partial charge is 0.492 e. The van der Waals surface area contributed by atoms with Crippen LogP contribution in [0.1, 0.15) is 17.8 Å². The van der Waals surface area contributed by atoms with E-state index in [1.165, 1.54) is 4.88 Å². The summed E-state index contributed by atoms with van der Waals surface area (Å²) in [5.41, 5.74) is 2.95. The number of benzene rings is 1. The summed E-state index contributed by atoms with van der Waals surface area (Å²) in [4.78, 5) is 7.44. The number of anilines is 1. The van der Waals surface area contributed by atoms with Gasteiger partial charge in [0.1, 0.15) is 12.4 Å². The lowest BCUT2D eigenvalue weighted by Crippen LogP contribution is -2.19. The zero-order chi connectivity index (χ0) is 14.4. The predicted octanol–water partition coefficient (Wildman–Crippen LogP) is 3.26. The van der Waals surface area contributed by atoms with Gasteiger partial charge in [-0.25, -0.2) is 0 Å². The molecule has 1 N–H and O–H groups in total. The van der Waals surface area contributed by atoms with Gasteiger partial charge in [0.25, 0.3) is 0 Å². The van der Waals surface area contributed by atoms with Crippen molar-refractivity contribution in [2.24, 2.45) is 0 Å². The SMILES string of the molecule is CC(Nc1ccc(OCCN(C)C)cc1)c1cncs1. The molecule has 20 heavy (non-hydrogen) atoms. The van der Waals surface area contributed by atoms with Crippen LogP contribution in [0.2, 0.25) is 0 Å². The molecule has 0 fully saturated rings. The molecule has 0 radical (unpaired) electrons. The number of rotatable bonds is 7. The lowest BCUT2D eigenvalue weighted by molar-refractivity contribution is 0.261. The van der Waals surface area contributed by atoms with Gasteiger partial charge in [-0.1, -0.05) is 0 Å². The molecule has 0 aliphatic rings. The van der Waals surface area contributed by atoms with Gasteiger partial charge in [-0.2, -0.15) is 0 Å². The Balaban J connectivity index is 1.85. The molecule has 4 nitrogen and oxygen atoms in total. The van der Waals surface area contributed by atoms with Gasteiger partial charge in [0, 0.05) is 23.3 Å². The first-order valence-corrected chi connectivity index (χ1v) is 7.55. The van der Waals surface area contributed by atoms with E-state index in [0.717, 1.165) is 18.0 Å². The second-order valence-electron chi connectivity index (χ2n) is 4.95. The van der Waals surface area contributed by atoms with E-state index in [-0.39, 0.29) is 6.04 Å². The third kappa shape index (κ3) is 4.51. The number of ether oxygens (including phenoxy) is 1. The number of aromatic nitrogens is 1. The second kappa shape index (κ2) is 7.26. The summed E-state index contributed by atoms with van der Waals surface area (Å²) >= 11 is 1.66. The minimum Gasteiger partial charge on any atom is -0.492 e. The van der Waals surface area contributed by atoms with Crippen LogP contribution >= 0.6 is 11.3 Å². The molecular formula is C15H21N3OS. The standard InChI is InChI=1S/C15H21N3OS/c1-12(15-10-16-11-20-15)17-13-4-6-14(7-5-13)19-9-8-18(2)3/h4-7,10-12,17H,8-9H2,1-3H3. The molecule has 5 heteroatoms. The molecule has 2 rings (SSSR count). The maximum atomic E-state index is 5.67. The molecule has 0 aliphatic carbocycles. The van der Waals surface area contributed by atoms with Gasteiger partial charge in [0.05, 0.1) is 11.6 Å². The van der Waals surface area contributed by atoms with E-state index in [1.807, 2.05) is 50.1 Å². The van der Waals surface area contributed by atoms with Gasteiger partial charge in [-0.15, -0.1) is 11.3 Å². The smallest absolute Gasteiger partial charge is 0.119 e. The Morgan fingerprint density at radius 3 is 2.65 bits per heavy atom. The van der Waals surface area contributed by atoms with Gasteiger partial charge in [0.15, 0.2) is 0 Å². The van der Waals surface area contributed by atoms with Crippen molar-refractivity contribution >= 4 is 17.0 Å². The van der Waals surface area contributed by atoms with Crippen LogP contribution in [0.25, 0.3) is 0 Å². The molecule has 0 spiro atoms. The average molecular weight is 291 g/mol. The molecule has 1 heterocycles. The van der Waals surface area contributed by atoms with Crippen LogP contribution < -0.4 is 10.1 Å². The topological polar surface area (TPSA) is 37.4 Å². The molecule has 2 aromatic rings. The molecule has 0 saturated heterocycles. The van der Waals surface area contributed by atoms with Gasteiger partial charge >= 0.3 is 0 Å². The fraction of sp³-hybridized carbons (Fsp3) is 0.400. The Hall–Kier alpha value is -1.59. The third-order valence-corrected chi connectivity index (χ3v) is 3.88. The van der Waals surface area contributed by atoms with E-state index < -0.39 is 0 Å². The van der Waals surface area contributed by atoms with Crippen LogP contribution in [-0.4, -0.2) is 37.1 Å². The van der Waals surface area contributed by atoms with Crippen molar-refractivity contribution < 1.29 is 4.74 Å². The Labute approximate surface area is 124 Å². The highest BCUT2D eigenvalue weighted by atomic mass is 32.1. The molecule has 1 unspecified atom stereocenters. The monoisotopic (exact) mass is 291 g/mol. The minimum atomic E-state index is 0.267. The minimum absolute atomic E-state index is 0.267. The molecule has 0 bridgehead atoms. The molecular weight excluding hydrogens is 270 g/mol. The number of likely N-dealkylation sites (N-methyl/N-ethyl adjacent to an activating group) is 1. The fourth-order valence-corrected chi connectivity index (χ4v) is 2.38. The molecule has 0 saturated carbocycles. The Morgan fingerprint density at radius 2 is 2.05 bits per heavy atom. The van der Waals surface area contributed by atoms with Crippen LogP contribution in [0.15, 0.2) is 36.0 Å². The lowest BCUT2D eigenvalue weighted by atomic mass is 10.2. The molecule has 1 atom stereocenters. The highest BCUT2D eigenvalue weighted by molar-refractivity contribution is 7.09. The van der Waals surface area contributed by atoms with Crippen LogP contribution in [0.5, 0.6) is 5.75 Å². The lowest BCUT2D eigenvalue weighted by Gasteiger charge is -2.14. The molecule has 108 valence electrons. The number of hydrogen-bond acceptors (Lipinski definition) is 5. The van der Waals surface area contributed by atoms with Crippen molar-refractivity contribution in [3.63, 3.8) is 0 Å². The van der Waals surface area contributed by atoms with E-state index in [9.17, 15) is 0 Å². The van der Waals surface area contributed by atoms with Crippen molar-refractivity contribution in [3.05, 3.63) is 40.8 Å². The maximum absolute atomic E-state index is 5.67. The average Bonchev–Trinajstić information content (AvgIpc) is 2.94. The van der Waals surface area contributed by atoms with Crippen LogP contribution in [0.3, 0.4) is 0 Å². The number of hydrogen-bond donors (Lipinski definition) is 1. The normalized spacial score (nSPS) is 12.4.